The van der Waals surface area contributed by atoms with Gasteiger partial charge in [0.2, 0.25) is 5.91 Å². The molecule has 8 heavy (non-hydrogen) atoms. The standard InChI is InChI=1S/C5H7N2O/c1-4-2-3-6-7-5(4)8/h4H,2H2,1H3,(H,7,8). The van der Waals surface area contributed by atoms with Crippen LogP contribution in [0.2, 0.25) is 0 Å². The minimum absolute atomic E-state index is 0.0104. The van der Waals surface area contributed by atoms with E-state index in [0.29, 0.717) is 6.42 Å². The molecule has 0 saturated heterocycles. The highest BCUT2D eigenvalue weighted by molar-refractivity contribution is 5.84. The topological polar surface area (TPSA) is 41.5 Å². The summed E-state index contributed by atoms with van der Waals surface area (Å²) in [6, 6.07) is 0. The lowest BCUT2D eigenvalue weighted by Crippen LogP contribution is -2.28. The van der Waals surface area contributed by atoms with Gasteiger partial charge in [0.25, 0.3) is 0 Å². The zero-order valence-electron chi connectivity index (χ0n) is 4.64. The molecule has 1 amide bonds. The van der Waals surface area contributed by atoms with Crippen LogP contribution in [-0.2, 0) is 4.79 Å². The van der Waals surface area contributed by atoms with Crippen LogP contribution in [0.5, 0.6) is 0 Å². The Labute approximate surface area is 47.8 Å². The Kier molecular flexibility index (Phi) is 1.28. The van der Waals surface area contributed by atoms with Crippen molar-refractivity contribution in [3.8, 4) is 0 Å². The molecular weight excluding hydrogens is 104 g/mol. The van der Waals surface area contributed by atoms with Gasteiger partial charge in [0.05, 0.1) is 6.21 Å². The molecule has 0 aliphatic carbocycles. The van der Waals surface area contributed by atoms with Crippen LogP contribution in [0.25, 0.3) is 0 Å². The predicted octanol–water partition coefficient (Wildman–Crippen LogP) is 0.00520. The Hall–Kier alpha value is -0.860. The summed E-state index contributed by atoms with van der Waals surface area (Å²) in [6.07, 6.45) is 3.30. The molecule has 0 aromatic carbocycles. The molecule has 0 aromatic rings. The number of rotatable bonds is 0. The Balaban J connectivity index is 2.57. The maximum Gasteiger partial charge on any atom is 0.243 e. The van der Waals surface area contributed by atoms with E-state index in [-0.39, 0.29) is 11.8 Å². The third-order valence-electron chi connectivity index (χ3n) is 1.09. The van der Waals surface area contributed by atoms with Crippen LogP contribution in [0.1, 0.15) is 13.3 Å². The molecule has 0 aromatic heterocycles. The molecule has 0 spiro atoms. The quantitative estimate of drug-likeness (QED) is 0.470. The molecule has 43 valence electrons. The zero-order valence-corrected chi connectivity index (χ0v) is 4.64. The largest absolute Gasteiger partial charge is 0.273 e. The van der Waals surface area contributed by atoms with Gasteiger partial charge in [0.1, 0.15) is 0 Å². The van der Waals surface area contributed by atoms with E-state index in [1.807, 2.05) is 6.92 Å². The third-order valence-corrected chi connectivity index (χ3v) is 1.09. The number of hydrogen-bond donors (Lipinski definition) is 1. The maximum atomic E-state index is 10.5. The van der Waals surface area contributed by atoms with Crippen LogP contribution < -0.4 is 5.43 Å². The molecule has 1 heterocycles. The second-order valence-electron chi connectivity index (χ2n) is 1.85. The molecule has 1 atom stereocenters. The molecule has 1 radical (unpaired) electrons. The monoisotopic (exact) mass is 111 g/mol. The predicted molar refractivity (Wildman–Crippen MR) is 29.4 cm³/mol. The van der Waals surface area contributed by atoms with Gasteiger partial charge in [-0.05, 0) is 0 Å². The number of hydrogen-bond acceptors (Lipinski definition) is 2. The van der Waals surface area contributed by atoms with E-state index in [2.05, 4.69) is 16.7 Å². The second-order valence-corrected chi connectivity index (χ2v) is 1.85. The van der Waals surface area contributed by atoms with Gasteiger partial charge in [-0.1, -0.05) is 6.92 Å². The van der Waals surface area contributed by atoms with Crippen molar-refractivity contribution in [2.24, 2.45) is 11.0 Å². The summed E-state index contributed by atoms with van der Waals surface area (Å²) in [4.78, 5) is 10.5. The van der Waals surface area contributed by atoms with Gasteiger partial charge >= 0.3 is 0 Å². The van der Waals surface area contributed by atoms with E-state index in [1.54, 1.807) is 0 Å². The van der Waals surface area contributed by atoms with Gasteiger partial charge in [-0.15, -0.1) is 0 Å². The SMILES string of the molecule is CC1C[C]=NNC1=O. The summed E-state index contributed by atoms with van der Waals surface area (Å²) in [5.41, 5.74) is 2.31. The third kappa shape index (κ3) is 0.857. The molecule has 1 aliphatic rings. The zero-order chi connectivity index (χ0) is 5.98. The first-order valence-electron chi connectivity index (χ1n) is 2.53. The smallest absolute Gasteiger partial charge is 0.243 e. The fourth-order valence-electron chi connectivity index (χ4n) is 0.480. The van der Waals surface area contributed by atoms with Crippen molar-refractivity contribution in [1.82, 2.24) is 5.43 Å². The maximum absolute atomic E-state index is 10.5. The first-order valence-corrected chi connectivity index (χ1v) is 2.53. The van der Waals surface area contributed by atoms with Crippen LogP contribution in [0.4, 0.5) is 0 Å². The van der Waals surface area contributed by atoms with E-state index in [4.69, 9.17) is 0 Å². The molecular formula is C5H7N2O. The van der Waals surface area contributed by atoms with Crippen LogP contribution in [0.15, 0.2) is 5.10 Å². The normalized spacial score (nSPS) is 27.6. The van der Waals surface area contributed by atoms with Gasteiger partial charge < -0.3 is 0 Å². The fourth-order valence-corrected chi connectivity index (χ4v) is 0.480. The number of hydrazone groups is 1. The van der Waals surface area contributed by atoms with Crippen LogP contribution in [-0.4, -0.2) is 12.1 Å². The molecule has 0 bridgehead atoms. The van der Waals surface area contributed by atoms with E-state index in [1.165, 1.54) is 0 Å². The molecule has 1 rings (SSSR count). The first-order chi connectivity index (χ1) is 3.80. The lowest BCUT2D eigenvalue weighted by molar-refractivity contribution is -0.124. The molecule has 3 nitrogen and oxygen atoms in total. The number of carbonyl (C=O) groups is 1. The molecule has 1 aliphatic heterocycles. The van der Waals surface area contributed by atoms with Gasteiger partial charge in [0, 0.05) is 12.3 Å². The van der Waals surface area contributed by atoms with E-state index < -0.39 is 0 Å². The molecule has 1 N–H and O–H groups in total. The number of carbonyl (C=O) groups excluding carboxylic acids is 1. The van der Waals surface area contributed by atoms with Crippen molar-refractivity contribution < 1.29 is 4.79 Å². The summed E-state index contributed by atoms with van der Waals surface area (Å²) in [6.45, 7) is 1.84. The highest BCUT2D eigenvalue weighted by Crippen LogP contribution is 2.01. The van der Waals surface area contributed by atoms with Gasteiger partial charge in [0.15, 0.2) is 0 Å². The highest BCUT2D eigenvalue weighted by Gasteiger charge is 2.13. The molecule has 0 fully saturated rings. The minimum Gasteiger partial charge on any atom is -0.273 e. The van der Waals surface area contributed by atoms with Gasteiger partial charge in [-0.2, -0.15) is 5.10 Å². The number of amides is 1. The Morgan fingerprint density at radius 2 is 2.75 bits per heavy atom. The Bertz CT molecular complexity index is 130. The average Bonchev–Trinajstić information content (AvgIpc) is 1.77. The van der Waals surface area contributed by atoms with Crippen molar-refractivity contribution >= 4 is 12.1 Å². The van der Waals surface area contributed by atoms with Crippen molar-refractivity contribution in [3.05, 3.63) is 0 Å². The lowest BCUT2D eigenvalue weighted by atomic mass is 10.1. The van der Waals surface area contributed by atoms with Crippen molar-refractivity contribution in [2.45, 2.75) is 13.3 Å². The van der Waals surface area contributed by atoms with E-state index in [9.17, 15) is 4.79 Å². The molecule has 3 heteroatoms. The summed E-state index contributed by atoms with van der Waals surface area (Å²) in [7, 11) is 0. The number of nitrogens with zero attached hydrogens (tertiary/aromatic N) is 1. The van der Waals surface area contributed by atoms with Gasteiger partial charge in [-0.3, -0.25) is 4.79 Å². The summed E-state index contributed by atoms with van der Waals surface area (Å²) >= 11 is 0. The summed E-state index contributed by atoms with van der Waals surface area (Å²) in [5.74, 6) is 0.0382. The summed E-state index contributed by atoms with van der Waals surface area (Å²) in [5, 5.41) is 3.46. The number of nitrogens with one attached hydrogen (secondary N) is 1. The highest BCUT2D eigenvalue weighted by atomic mass is 16.2. The van der Waals surface area contributed by atoms with E-state index >= 15 is 0 Å². The molecule has 0 saturated carbocycles. The first kappa shape index (κ1) is 5.28. The Morgan fingerprint density at radius 1 is 2.00 bits per heavy atom. The second kappa shape index (κ2) is 1.94. The van der Waals surface area contributed by atoms with Crippen molar-refractivity contribution in [3.63, 3.8) is 0 Å². The van der Waals surface area contributed by atoms with Crippen LogP contribution in [0.3, 0.4) is 0 Å². The molecule has 1 unspecified atom stereocenters. The van der Waals surface area contributed by atoms with Crippen molar-refractivity contribution in [1.29, 1.82) is 0 Å². The van der Waals surface area contributed by atoms with E-state index in [0.717, 1.165) is 0 Å². The Morgan fingerprint density at radius 3 is 3.12 bits per heavy atom. The lowest BCUT2D eigenvalue weighted by Gasteiger charge is -2.08. The summed E-state index contributed by atoms with van der Waals surface area (Å²) < 4.78 is 0. The van der Waals surface area contributed by atoms with Crippen molar-refractivity contribution in [2.75, 3.05) is 0 Å². The van der Waals surface area contributed by atoms with Gasteiger partial charge in [-0.25, -0.2) is 5.43 Å². The minimum atomic E-state index is -0.0104. The van der Waals surface area contributed by atoms with Crippen LogP contribution in [0, 0.1) is 5.92 Å². The average molecular weight is 111 g/mol. The van der Waals surface area contributed by atoms with Crippen LogP contribution >= 0.6 is 0 Å². The fraction of sp³-hybridized carbons (Fsp3) is 0.600.